The Morgan fingerprint density at radius 3 is 2.56 bits per heavy atom. The van der Waals surface area contributed by atoms with Crippen LogP contribution in [0, 0.1) is 34.3 Å². The highest BCUT2D eigenvalue weighted by Crippen LogP contribution is 2.37. The Morgan fingerprint density at radius 2 is 1.80 bits per heavy atom. The molecule has 9 nitrogen and oxygen atoms in total. The van der Waals surface area contributed by atoms with Crippen LogP contribution in [0.3, 0.4) is 0 Å². The molecule has 0 aliphatic carbocycles. The number of nitrogens with zero attached hydrogens (tertiary/aromatic N) is 7. The quantitative estimate of drug-likeness (QED) is 0.172. The SMILES string of the molecule is N#Cc1cnc2c(Cl)cc(N[C@@H](c3ccccc3)c3cn(CCCN4CCCC4)nn3)cc2c1Nc1ccc(F)c(C#N)c1F. The molecule has 1 atom stereocenters. The third kappa shape index (κ3) is 6.41. The van der Waals surface area contributed by atoms with E-state index in [1.165, 1.54) is 31.2 Å². The van der Waals surface area contributed by atoms with Crippen LogP contribution in [0.1, 0.15) is 47.7 Å². The third-order valence-electron chi connectivity index (χ3n) is 7.86. The first-order valence-electron chi connectivity index (χ1n) is 14.6. The van der Waals surface area contributed by atoms with E-state index in [1.807, 2.05) is 41.2 Å². The van der Waals surface area contributed by atoms with Gasteiger partial charge in [0.25, 0.3) is 0 Å². The molecule has 0 unspecified atom stereocenters. The maximum atomic E-state index is 15.0. The van der Waals surface area contributed by atoms with E-state index in [1.54, 1.807) is 12.1 Å². The number of nitriles is 2. The number of rotatable bonds is 10. The van der Waals surface area contributed by atoms with Crippen molar-refractivity contribution in [2.75, 3.05) is 30.3 Å². The Labute approximate surface area is 263 Å². The molecule has 1 fully saturated rings. The number of aryl methyl sites for hydroxylation is 1. The number of likely N-dealkylation sites (tertiary alicyclic amines) is 1. The monoisotopic (exact) mass is 623 g/mol. The van der Waals surface area contributed by atoms with E-state index in [0.717, 1.165) is 44.2 Å². The summed E-state index contributed by atoms with van der Waals surface area (Å²) in [4.78, 5) is 6.83. The van der Waals surface area contributed by atoms with Crippen molar-refractivity contribution in [3.8, 4) is 12.1 Å². The van der Waals surface area contributed by atoms with Crippen LogP contribution in [0.2, 0.25) is 5.02 Å². The zero-order chi connectivity index (χ0) is 31.3. The van der Waals surface area contributed by atoms with Crippen molar-refractivity contribution in [2.24, 2.45) is 0 Å². The fraction of sp³-hybridized carbons (Fsp3) is 0.242. The molecule has 0 saturated carbocycles. The Kier molecular flexibility index (Phi) is 8.83. The van der Waals surface area contributed by atoms with Crippen LogP contribution in [-0.2, 0) is 6.54 Å². The van der Waals surface area contributed by atoms with Crippen molar-refractivity contribution in [3.05, 3.63) is 106 Å². The van der Waals surface area contributed by atoms with E-state index in [9.17, 15) is 14.9 Å². The number of nitrogens with one attached hydrogen (secondary N) is 2. The number of anilines is 3. The molecule has 12 heteroatoms. The van der Waals surface area contributed by atoms with E-state index < -0.39 is 23.2 Å². The maximum Gasteiger partial charge on any atom is 0.167 e. The summed E-state index contributed by atoms with van der Waals surface area (Å²) in [7, 11) is 0. The maximum absolute atomic E-state index is 15.0. The van der Waals surface area contributed by atoms with Gasteiger partial charge in [-0.3, -0.25) is 9.67 Å². The van der Waals surface area contributed by atoms with Gasteiger partial charge in [0.1, 0.15) is 29.2 Å². The molecule has 0 radical (unpaired) electrons. The lowest BCUT2D eigenvalue weighted by molar-refractivity contribution is 0.321. The van der Waals surface area contributed by atoms with Gasteiger partial charge in [-0.05, 0) is 68.7 Å². The highest BCUT2D eigenvalue weighted by atomic mass is 35.5. The molecule has 3 heterocycles. The highest BCUT2D eigenvalue weighted by molar-refractivity contribution is 6.36. The molecule has 0 spiro atoms. The smallest absolute Gasteiger partial charge is 0.167 e. The molecule has 2 N–H and O–H groups in total. The van der Waals surface area contributed by atoms with Crippen molar-refractivity contribution >= 4 is 39.6 Å². The summed E-state index contributed by atoms with van der Waals surface area (Å²) < 4.78 is 30.9. The average Bonchev–Trinajstić information content (AvgIpc) is 3.75. The van der Waals surface area contributed by atoms with Crippen molar-refractivity contribution < 1.29 is 8.78 Å². The minimum absolute atomic E-state index is 0.106. The van der Waals surface area contributed by atoms with Crippen LogP contribution in [0.4, 0.5) is 25.8 Å². The van der Waals surface area contributed by atoms with Crippen molar-refractivity contribution in [1.82, 2.24) is 24.9 Å². The van der Waals surface area contributed by atoms with Gasteiger partial charge >= 0.3 is 0 Å². The van der Waals surface area contributed by atoms with Gasteiger partial charge in [0, 0.05) is 23.8 Å². The Morgan fingerprint density at radius 1 is 1.00 bits per heavy atom. The molecule has 1 aliphatic heterocycles. The number of pyridine rings is 1. The molecule has 226 valence electrons. The Hall–Kier alpha value is -5.10. The summed E-state index contributed by atoms with van der Waals surface area (Å²) in [5.41, 5.74) is 2.02. The fourth-order valence-corrected chi connectivity index (χ4v) is 5.87. The van der Waals surface area contributed by atoms with Crippen LogP contribution in [-0.4, -0.2) is 44.5 Å². The fourth-order valence-electron chi connectivity index (χ4n) is 5.61. The molecule has 5 aromatic rings. The number of benzene rings is 3. The largest absolute Gasteiger partial charge is 0.373 e. The second kappa shape index (κ2) is 13.3. The van der Waals surface area contributed by atoms with E-state index in [4.69, 9.17) is 11.6 Å². The summed E-state index contributed by atoms with van der Waals surface area (Å²) in [6.45, 7) is 4.08. The van der Waals surface area contributed by atoms with Crippen molar-refractivity contribution in [1.29, 1.82) is 10.5 Å². The molecular formula is C33H28ClF2N9. The van der Waals surface area contributed by atoms with Gasteiger partial charge in [-0.2, -0.15) is 10.5 Å². The molecular weight excluding hydrogens is 596 g/mol. The van der Waals surface area contributed by atoms with Crippen LogP contribution in [0.15, 0.2) is 67.0 Å². The van der Waals surface area contributed by atoms with Crippen LogP contribution < -0.4 is 10.6 Å². The summed E-state index contributed by atoms with van der Waals surface area (Å²) in [5.74, 6) is -2.05. The predicted octanol–water partition coefficient (Wildman–Crippen LogP) is 6.93. The summed E-state index contributed by atoms with van der Waals surface area (Å²) in [6.07, 6.45) is 6.75. The minimum Gasteiger partial charge on any atom is -0.373 e. The topological polar surface area (TPSA) is 118 Å². The predicted molar refractivity (Wildman–Crippen MR) is 168 cm³/mol. The van der Waals surface area contributed by atoms with E-state index >= 15 is 4.39 Å². The Bertz CT molecular complexity index is 1930. The van der Waals surface area contributed by atoms with Gasteiger partial charge in [0.15, 0.2) is 5.82 Å². The number of hydrogen-bond donors (Lipinski definition) is 2. The van der Waals surface area contributed by atoms with Gasteiger partial charge in [0.05, 0.1) is 39.7 Å². The number of halogens is 3. The second-order valence-electron chi connectivity index (χ2n) is 10.8. The van der Waals surface area contributed by atoms with Gasteiger partial charge < -0.3 is 15.5 Å². The van der Waals surface area contributed by atoms with Gasteiger partial charge in [-0.1, -0.05) is 47.1 Å². The van der Waals surface area contributed by atoms with Crippen molar-refractivity contribution in [2.45, 2.75) is 31.8 Å². The molecule has 3 aromatic carbocycles. The first-order chi connectivity index (χ1) is 21.9. The lowest BCUT2D eigenvalue weighted by atomic mass is 10.0. The number of fused-ring (bicyclic) bond motifs is 1. The van der Waals surface area contributed by atoms with Crippen LogP contribution in [0.5, 0.6) is 0 Å². The third-order valence-corrected chi connectivity index (χ3v) is 8.15. The molecule has 1 saturated heterocycles. The normalized spacial score (nSPS) is 13.8. The molecule has 1 aliphatic rings. The zero-order valence-corrected chi connectivity index (χ0v) is 24.9. The zero-order valence-electron chi connectivity index (χ0n) is 24.1. The molecule has 0 bridgehead atoms. The van der Waals surface area contributed by atoms with Crippen molar-refractivity contribution in [3.63, 3.8) is 0 Å². The molecule has 6 rings (SSSR count). The molecule has 45 heavy (non-hydrogen) atoms. The summed E-state index contributed by atoms with van der Waals surface area (Å²) in [5, 5.41) is 35.1. The van der Waals surface area contributed by atoms with Gasteiger partial charge in [-0.25, -0.2) is 8.78 Å². The summed E-state index contributed by atoms with van der Waals surface area (Å²) >= 11 is 6.71. The molecule has 2 aromatic heterocycles. The highest BCUT2D eigenvalue weighted by Gasteiger charge is 2.21. The summed E-state index contributed by atoms with van der Waals surface area (Å²) in [6, 6.07) is 18.6. The van der Waals surface area contributed by atoms with E-state index in [-0.39, 0.29) is 22.0 Å². The average molecular weight is 624 g/mol. The van der Waals surface area contributed by atoms with Crippen LogP contribution in [0.25, 0.3) is 10.9 Å². The van der Waals surface area contributed by atoms with E-state index in [2.05, 4.69) is 36.9 Å². The Balaban J connectivity index is 1.34. The van der Waals surface area contributed by atoms with Gasteiger partial charge in [-0.15, -0.1) is 5.10 Å². The first kappa shape index (κ1) is 29.9. The lowest BCUT2D eigenvalue weighted by Gasteiger charge is -2.20. The standard InChI is InChI=1S/C33H28ClF2N9/c34-26-16-23(15-24-31(22(17-37)19-39-33(24)26)41-28-10-9-27(35)25(18-38)30(28)36)40-32(21-7-2-1-3-8-21)29-20-45(43-42-29)14-6-13-44-11-4-5-12-44/h1-3,7-10,15-16,19-20,32,40H,4-6,11-14H2,(H,39,41)/t32-/m0/s1. The molecule has 0 amide bonds. The second-order valence-corrected chi connectivity index (χ2v) is 11.2. The number of hydrogen-bond acceptors (Lipinski definition) is 8. The number of aromatic nitrogens is 4. The first-order valence-corrected chi connectivity index (χ1v) is 14.9. The lowest BCUT2D eigenvalue weighted by Crippen LogP contribution is -2.21. The van der Waals surface area contributed by atoms with Crippen LogP contribution >= 0.6 is 11.6 Å². The minimum atomic E-state index is -1.07. The van der Waals surface area contributed by atoms with Gasteiger partial charge in [0.2, 0.25) is 0 Å². The van der Waals surface area contributed by atoms with E-state index in [0.29, 0.717) is 22.3 Å².